The van der Waals surface area contributed by atoms with E-state index in [1.165, 1.54) is 12.1 Å². The van der Waals surface area contributed by atoms with Gasteiger partial charge in [-0.25, -0.2) is 10.2 Å². The molecular weight excluding hydrogens is 195 g/mol. The third kappa shape index (κ3) is 2.92. The zero-order valence-corrected chi connectivity index (χ0v) is 8.87. The van der Waals surface area contributed by atoms with Crippen LogP contribution in [0.25, 0.3) is 0 Å². The van der Waals surface area contributed by atoms with E-state index in [0.29, 0.717) is 12.5 Å². The van der Waals surface area contributed by atoms with Crippen LogP contribution in [0.1, 0.15) is 6.92 Å². The minimum absolute atomic E-state index is 0.262. The Balaban J connectivity index is 2.87. The van der Waals surface area contributed by atoms with Crippen LogP contribution in [0.3, 0.4) is 0 Å². The molecule has 0 aromatic heterocycles. The predicted molar refractivity (Wildman–Crippen MR) is 60.1 cm³/mol. The van der Waals surface area contributed by atoms with Gasteiger partial charge in [-0.1, -0.05) is 0 Å². The van der Waals surface area contributed by atoms with Gasteiger partial charge in [0.1, 0.15) is 5.82 Å². The molecule has 0 aliphatic carbocycles. The number of hydrogen-bond donors (Lipinski definition) is 2. The molecule has 4 nitrogen and oxygen atoms in total. The maximum atomic E-state index is 12.7. The molecule has 0 heterocycles. The van der Waals surface area contributed by atoms with E-state index in [4.69, 9.17) is 5.84 Å². The summed E-state index contributed by atoms with van der Waals surface area (Å²) in [6.07, 6.45) is 0. The Kier molecular flexibility index (Phi) is 4.05. The van der Waals surface area contributed by atoms with Crippen LogP contribution in [0.5, 0.6) is 0 Å². The van der Waals surface area contributed by atoms with Crippen molar-refractivity contribution in [3.63, 3.8) is 0 Å². The van der Waals surface area contributed by atoms with Crippen LogP contribution < -0.4 is 16.2 Å². The summed E-state index contributed by atoms with van der Waals surface area (Å²) in [5.41, 5.74) is 3.32. The molecule has 82 valence electrons. The summed E-state index contributed by atoms with van der Waals surface area (Å²) in [6.45, 7) is 2.54. The summed E-state index contributed by atoms with van der Waals surface area (Å²) < 4.78 is 12.7. The zero-order valence-electron chi connectivity index (χ0n) is 8.87. The van der Waals surface area contributed by atoms with Gasteiger partial charge in [0.25, 0.3) is 0 Å². The van der Waals surface area contributed by atoms with Gasteiger partial charge < -0.3 is 4.90 Å². The maximum absolute atomic E-state index is 12.7. The van der Waals surface area contributed by atoms with Crippen LogP contribution in [0.15, 0.2) is 29.3 Å². The minimum Gasteiger partial charge on any atom is -0.315 e. The number of hydrazine groups is 1. The number of nitrogens with zero attached hydrogens (tertiary/aromatic N) is 2. The van der Waals surface area contributed by atoms with Gasteiger partial charge in [0.05, 0.1) is 0 Å². The van der Waals surface area contributed by atoms with E-state index >= 15 is 0 Å². The third-order valence-electron chi connectivity index (χ3n) is 1.97. The lowest BCUT2D eigenvalue weighted by atomic mass is 10.3. The first kappa shape index (κ1) is 11.5. The fourth-order valence-electron chi connectivity index (χ4n) is 1.19. The molecule has 3 N–H and O–H groups in total. The molecular formula is C10H15FN4. The summed E-state index contributed by atoms with van der Waals surface area (Å²) in [5, 5.41) is 0. The molecule has 5 heteroatoms. The smallest absolute Gasteiger partial charge is 0.212 e. The number of anilines is 1. The molecule has 0 aliphatic rings. The van der Waals surface area contributed by atoms with Gasteiger partial charge in [-0.05, 0) is 31.2 Å². The Labute approximate surface area is 88.6 Å². The number of halogens is 1. The molecule has 1 rings (SSSR count). The predicted octanol–water partition coefficient (Wildman–Crippen LogP) is 1.10. The van der Waals surface area contributed by atoms with Crippen molar-refractivity contribution in [1.29, 1.82) is 0 Å². The number of aliphatic imine (C=N–C) groups is 1. The van der Waals surface area contributed by atoms with E-state index in [1.807, 2.05) is 14.0 Å². The molecule has 0 radical (unpaired) electrons. The summed E-state index contributed by atoms with van der Waals surface area (Å²) in [5.74, 6) is 5.61. The Morgan fingerprint density at radius 2 is 2.07 bits per heavy atom. The number of nitrogens with two attached hydrogens (primary N) is 1. The quantitative estimate of drug-likeness (QED) is 0.332. The second-order valence-electron chi connectivity index (χ2n) is 2.98. The third-order valence-corrected chi connectivity index (χ3v) is 1.97. The van der Waals surface area contributed by atoms with Crippen molar-refractivity contribution < 1.29 is 4.39 Å². The van der Waals surface area contributed by atoms with Gasteiger partial charge in [-0.15, -0.1) is 0 Å². The SMILES string of the molecule is CCN=C(NN)N(C)c1ccc(F)cc1. The molecule has 1 aromatic carbocycles. The van der Waals surface area contributed by atoms with Crippen LogP contribution >= 0.6 is 0 Å². The van der Waals surface area contributed by atoms with E-state index in [1.54, 1.807) is 17.0 Å². The van der Waals surface area contributed by atoms with Gasteiger partial charge in [0.2, 0.25) is 5.96 Å². The highest BCUT2D eigenvalue weighted by Crippen LogP contribution is 2.12. The second-order valence-corrected chi connectivity index (χ2v) is 2.98. The molecule has 0 saturated heterocycles. The maximum Gasteiger partial charge on any atom is 0.212 e. The van der Waals surface area contributed by atoms with Crippen molar-refractivity contribution in [1.82, 2.24) is 5.43 Å². The molecule has 1 aromatic rings. The number of rotatable bonds is 2. The van der Waals surface area contributed by atoms with E-state index in [0.717, 1.165) is 5.69 Å². The van der Waals surface area contributed by atoms with Gasteiger partial charge in [-0.2, -0.15) is 0 Å². The topological polar surface area (TPSA) is 53.6 Å². The molecule has 0 spiro atoms. The molecule has 0 amide bonds. The molecule has 0 bridgehead atoms. The van der Waals surface area contributed by atoms with Crippen LogP contribution in [0.4, 0.5) is 10.1 Å². The lowest BCUT2D eigenvalue weighted by Crippen LogP contribution is -2.43. The summed E-state index contributed by atoms with van der Waals surface area (Å²) in [4.78, 5) is 5.91. The molecule has 0 atom stereocenters. The van der Waals surface area contributed by atoms with Crippen molar-refractivity contribution in [2.75, 3.05) is 18.5 Å². The van der Waals surface area contributed by atoms with Crippen molar-refractivity contribution in [3.05, 3.63) is 30.1 Å². The van der Waals surface area contributed by atoms with Crippen molar-refractivity contribution in [2.45, 2.75) is 6.92 Å². The first-order chi connectivity index (χ1) is 7.19. The Hall–Kier alpha value is -1.62. The van der Waals surface area contributed by atoms with Gasteiger partial charge in [0, 0.05) is 19.3 Å². The number of hydrogen-bond acceptors (Lipinski definition) is 2. The molecule has 0 aliphatic heterocycles. The van der Waals surface area contributed by atoms with Gasteiger partial charge in [-0.3, -0.25) is 10.4 Å². The van der Waals surface area contributed by atoms with Crippen molar-refractivity contribution in [3.8, 4) is 0 Å². The summed E-state index contributed by atoms with van der Waals surface area (Å²) in [6, 6.07) is 6.12. The molecule has 0 unspecified atom stereocenters. The second kappa shape index (κ2) is 5.31. The minimum atomic E-state index is -0.262. The summed E-state index contributed by atoms with van der Waals surface area (Å²) in [7, 11) is 1.81. The average molecular weight is 210 g/mol. The number of benzene rings is 1. The van der Waals surface area contributed by atoms with E-state index in [2.05, 4.69) is 10.4 Å². The highest BCUT2D eigenvalue weighted by atomic mass is 19.1. The Morgan fingerprint density at radius 1 is 1.47 bits per heavy atom. The fraction of sp³-hybridized carbons (Fsp3) is 0.300. The average Bonchev–Trinajstić information content (AvgIpc) is 2.26. The number of guanidine groups is 1. The highest BCUT2D eigenvalue weighted by Gasteiger charge is 2.06. The first-order valence-corrected chi connectivity index (χ1v) is 4.69. The summed E-state index contributed by atoms with van der Waals surface area (Å²) >= 11 is 0. The monoisotopic (exact) mass is 210 g/mol. The Morgan fingerprint density at radius 3 is 2.53 bits per heavy atom. The zero-order chi connectivity index (χ0) is 11.3. The largest absolute Gasteiger partial charge is 0.315 e. The lowest BCUT2D eigenvalue weighted by Gasteiger charge is -2.20. The highest BCUT2D eigenvalue weighted by molar-refractivity contribution is 5.95. The lowest BCUT2D eigenvalue weighted by molar-refractivity contribution is 0.628. The van der Waals surface area contributed by atoms with Gasteiger partial charge >= 0.3 is 0 Å². The van der Waals surface area contributed by atoms with Crippen LogP contribution in [-0.4, -0.2) is 19.6 Å². The van der Waals surface area contributed by atoms with Crippen LogP contribution in [0, 0.1) is 5.82 Å². The van der Waals surface area contributed by atoms with Crippen LogP contribution in [0.2, 0.25) is 0 Å². The van der Waals surface area contributed by atoms with Crippen molar-refractivity contribution in [2.24, 2.45) is 10.8 Å². The van der Waals surface area contributed by atoms with E-state index in [-0.39, 0.29) is 5.82 Å². The van der Waals surface area contributed by atoms with Crippen LogP contribution in [-0.2, 0) is 0 Å². The number of nitrogens with one attached hydrogen (secondary N) is 1. The van der Waals surface area contributed by atoms with E-state index < -0.39 is 0 Å². The molecule has 0 fully saturated rings. The van der Waals surface area contributed by atoms with Crippen molar-refractivity contribution >= 4 is 11.6 Å². The van der Waals surface area contributed by atoms with Gasteiger partial charge in [0.15, 0.2) is 0 Å². The fourth-order valence-corrected chi connectivity index (χ4v) is 1.19. The molecule has 15 heavy (non-hydrogen) atoms. The normalized spacial score (nSPS) is 11.3. The molecule has 0 saturated carbocycles. The van der Waals surface area contributed by atoms with E-state index in [9.17, 15) is 4.39 Å². The Bertz CT molecular complexity index is 334. The first-order valence-electron chi connectivity index (χ1n) is 4.69. The standard InChI is InChI=1S/C10H15FN4/c1-3-13-10(14-12)15(2)9-6-4-8(11)5-7-9/h4-7H,3,12H2,1-2H3,(H,13,14).